The van der Waals surface area contributed by atoms with E-state index in [-0.39, 0.29) is 22.4 Å². The third-order valence-corrected chi connectivity index (χ3v) is 4.21. The SMILES string of the molecule is O=C(ON1C(=O)c2ccccc2C1=O)c1cnn(-c2ccc(C(F)(F)F)cc2)c1. The zero-order valence-corrected chi connectivity index (χ0v) is 14.4. The second kappa shape index (κ2) is 6.59. The Balaban J connectivity index is 1.51. The summed E-state index contributed by atoms with van der Waals surface area (Å²) in [5, 5.41) is 4.26. The van der Waals surface area contributed by atoms with Crippen LogP contribution in [0.5, 0.6) is 0 Å². The minimum atomic E-state index is -4.47. The van der Waals surface area contributed by atoms with Gasteiger partial charge in [-0.2, -0.15) is 18.3 Å². The molecule has 0 spiro atoms. The summed E-state index contributed by atoms with van der Waals surface area (Å²) in [5.41, 5.74) is -0.408. The monoisotopic (exact) mass is 401 g/mol. The number of rotatable bonds is 3. The maximum Gasteiger partial charge on any atom is 0.416 e. The van der Waals surface area contributed by atoms with Gasteiger partial charge in [0.2, 0.25) is 0 Å². The molecule has 0 fully saturated rings. The molecule has 1 aliphatic heterocycles. The molecule has 2 heterocycles. The maximum atomic E-state index is 12.6. The molecule has 10 heteroatoms. The fourth-order valence-corrected chi connectivity index (χ4v) is 2.76. The molecule has 4 rings (SSSR count). The molecule has 0 saturated heterocycles. The Morgan fingerprint density at radius 3 is 2.07 bits per heavy atom. The van der Waals surface area contributed by atoms with E-state index in [1.165, 1.54) is 35.1 Å². The van der Waals surface area contributed by atoms with Crippen LogP contribution in [0.25, 0.3) is 5.69 Å². The summed E-state index contributed by atoms with van der Waals surface area (Å²) < 4.78 is 39.1. The minimum Gasteiger partial charge on any atom is -0.324 e. The largest absolute Gasteiger partial charge is 0.416 e. The molecule has 3 aromatic rings. The Morgan fingerprint density at radius 1 is 0.931 bits per heavy atom. The van der Waals surface area contributed by atoms with E-state index >= 15 is 0 Å². The molecule has 0 aliphatic carbocycles. The Bertz CT molecular complexity index is 1100. The van der Waals surface area contributed by atoms with Crippen LogP contribution in [-0.4, -0.2) is 32.6 Å². The Morgan fingerprint density at radius 2 is 1.52 bits per heavy atom. The van der Waals surface area contributed by atoms with Crippen LogP contribution in [0.3, 0.4) is 0 Å². The lowest BCUT2D eigenvalue weighted by atomic mass is 10.1. The van der Waals surface area contributed by atoms with Gasteiger partial charge < -0.3 is 4.84 Å². The topological polar surface area (TPSA) is 81.5 Å². The lowest BCUT2D eigenvalue weighted by Crippen LogP contribution is -2.32. The Labute approximate surface area is 160 Å². The van der Waals surface area contributed by atoms with Crippen LogP contribution < -0.4 is 0 Å². The van der Waals surface area contributed by atoms with Crippen molar-refractivity contribution in [2.75, 3.05) is 0 Å². The number of aromatic nitrogens is 2. The molecule has 0 bridgehead atoms. The highest BCUT2D eigenvalue weighted by atomic mass is 19.4. The third kappa shape index (κ3) is 3.24. The summed E-state index contributed by atoms with van der Waals surface area (Å²) in [6.45, 7) is 0. The number of hydroxylamine groups is 2. The average Bonchev–Trinajstić information content (AvgIpc) is 3.28. The number of alkyl halides is 3. The maximum absolute atomic E-state index is 12.6. The number of fused-ring (bicyclic) bond motifs is 1. The van der Waals surface area contributed by atoms with Gasteiger partial charge in [-0.15, -0.1) is 0 Å². The van der Waals surface area contributed by atoms with Crippen LogP contribution in [0, 0.1) is 0 Å². The molecule has 0 unspecified atom stereocenters. The van der Waals surface area contributed by atoms with Crippen LogP contribution in [-0.2, 0) is 11.0 Å². The third-order valence-electron chi connectivity index (χ3n) is 4.21. The number of amides is 2. The quantitative estimate of drug-likeness (QED) is 0.630. The standard InChI is InChI=1S/C19H10F3N3O4/c20-19(21,22)12-5-7-13(8-6-12)24-10-11(9-23-24)18(28)29-25-16(26)14-3-1-2-4-15(14)17(25)27/h1-10H. The molecule has 146 valence electrons. The van der Waals surface area contributed by atoms with Gasteiger partial charge in [0.1, 0.15) is 5.56 Å². The van der Waals surface area contributed by atoms with Crippen molar-refractivity contribution < 1.29 is 32.4 Å². The van der Waals surface area contributed by atoms with E-state index in [4.69, 9.17) is 4.84 Å². The van der Waals surface area contributed by atoms with Crippen LogP contribution in [0.15, 0.2) is 60.9 Å². The van der Waals surface area contributed by atoms with Crippen molar-refractivity contribution >= 4 is 17.8 Å². The Kier molecular flexibility index (Phi) is 4.18. The lowest BCUT2D eigenvalue weighted by molar-refractivity contribution is -0.137. The first-order chi connectivity index (χ1) is 13.8. The van der Waals surface area contributed by atoms with Crippen molar-refractivity contribution in [1.29, 1.82) is 0 Å². The predicted octanol–water partition coefficient (Wildman–Crippen LogP) is 3.26. The molecule has 1 aliphatic rings. The van der Waals surface area contributed by atoms with Gasteiger partial charge in [-0.25, -0.2) is 9.48 Å². The molecule has 0 radical (unpaired) electrons. The summed E-state index contributed by atoms with van der Waals surface area (Å²) in [4.78, 5) is 41.7. The number of imide groups is 1. The first kappa shape index (κ1) is 18.4. The van der Waals surface area contributed by atoms with Gasteiger partial charge in [-0.1, -0.05) is 17.2 Å². The minimum absolute atomic E-state index is 0.0959. The highest BCUT2D eigenvalue weighted by Gasteiger charge is 2.39. The fourth-order valence-electron chi connectivity index (χ4n) is 2.76. The van der Waals surface area contributed by atoms with Crippen molar-refractivity contribution in [3.63, 3.8) is 0 Å². The lowest BCUT2D eigenvalue weighted by Gasteiger charge is -2.11. The number of hydrogen-bond acceptors (Lipinski definition) is 5. The molecule has 0 N–H and O–H groups in total. The number of halogens is 3. The molecule has 2 aromatic carbocycles. The molecule has 2 amide bonds. The van der Waals surface area contributed by atoms with E-state index in [0.717, 1.165) is 18.3 Å². The predicted molar refractivity (Wildman–Crippen MR) is 90.9 cm³/mol. The van der Waals surface area contributed by atoms with E-state index in [9.17, 15) is 27.6 Å². The van der Waals surface area contributed by atoms with Crippen LogP contribution in [0.4, 0.5) is 13.2 Å². The van der Waals surface area contributed by atoms with Gasteiger partial charge in [-0.05, 0) is 36.4 Å². The molecular formula is C19H10F3N3O4. The zero-order chi connectivity index (χ0) is 20.8. The van der Waals surface area contributed by atoms with Gasteiger partial charge in [-0.3, -0.25) is 9.59 Å². The average molecular weight is 401 g/mol. The van der Waals surface area contributed by atoms with Crippen LogP contribution in [0.2, 0.25) is 0 Å². The number of nitrogens with zero attached hydrogens (tertiary/aromatic N) is 3. The van der Waals surface area contributed by atoms with Crippen LogP contribution in [0.1, 0.15) is 36.6 Å². The Hall–Kier alpha value is -3.95. The first-order valence-electron chi connectivity index (χ1n) is 8.18. The van der Waals surface area contributed by atoms with Gasteiger partial charge in [0, 0.05) is 6.20 Å². The molecule has 29 heavy (non-hydrogen) atoms. The number of carbonyl (C=O) groups is 3. The van der Waals surface area contributed by atoms with Gasteiger partial charge >= 0.3 is 12.1 Å². The van der Waals surface area contributed by atoms with Crippen LogP contribution >= 0.6 is 0 Å². The van der Waals surface area contributed by atoms with Crippen molar-refractivity contribution in [3.8, 4) is 5.69 Å². The van der Waals surface area contributed by atoms with Crippen molar-refractivity contribution in [2.45, 2.75) is 6.18 Å². The van der Waals surface area contributed by atoms with Gasteiger partial charge in [0.15, 0.2) is 0 Å². The van der Waals surface area contributed by atoms with E-state index in [1.807, 2.05) is 0 Å². The molecular weight excluding hydrogens is 391 g/mol. The molecule has 0 atom stereocenters. The van der Waals surface area contributed by atoms with Gasteiger partial charge in [0.25, 0.3) is 11.8 Å². The summed E-state index contributed by atoms with van der Waals surface area (Å²) in [7, 11) is 0. The van der Waals surface area contributed by atoms with E-state index in [2.05, 4.69) is 5.10 Å². The smallest absolute Gasteiger partial charge is 0.324 e. The van der Waals surface area contributed by atoms with E-state index in [0.29, 0.717) is 5.06 Å². The highest BCUT2D eigenvalue weighted by molar-refractivity contribution is 6.21. The second-order valence-electron chi connectivity index (χ2n) is 6.05. The molecule has 7 nitrogen and oxygen atoms in total. The number of hydrogen-bond donors (Lipinski definition) is 0. The van der Waals surface area contributed by atoms with E-state index in [1.54, 1.807) is 12.1 Å². The van der Waals surface area contributed by atoms with Crippen molar-refractivity contribution in [3.05, 3.63) is 83.2 Å². The van der Waals surface area contributed by atoms with Crippen molar-refractivity contribution in [2.24, 2.45) is 0 Å². The highest BCUT2D eigenvalue weighted by Crippen LogP contribution is 2.29. The summed E-state index contributed by atoms with van der Waals surface area (Å²) >= 11 is 0. The van der Waals surface area contributed by atoms with Crippen molar-refractivity contribution in [1.82, 2.24) is 14.8 Å². The zero-order valence-electron chi connectivity index (χ0n) is 14.4. The summed E-state index contributed by atoms with van der Waals surface area (Å²) in [6.07, 6.45) is -2.15. The number of carbonyl (C=O) groups excluding carboxylic acids is 3. The second-order valence-corrected chi connectivity index (χ2v) is 6.05. The first-order valence-corrected chi connectivity index (χ1v) is 8.18. The summed E-state index contributed by atoms with van der Waals surface area (Å²) in [6, 6.07) is 10.2. The summed E-state index contributed by atoms with van der Waals surface area (Å²) in [5.74, 6) is -2.55. The molecule has 0 saturated carbocycles. The normalized spacial score (nSPS) is 13.6. The fraction of sp³-hybridized carbons (Fsp3) is 0.0526. The molecule has 1 aromatic heterocycles. The van der Waals surface area contributed by atoms with E-state index < -0.39 is 29.5 Å². The number of benzene rings is 2. The van der Waals surface area contributed by atoms with Gasteiger partial charge in [0.05, 0.1) is 28.6 Å².